The Morgan fingerprint density at radius 2 is 2.21 bits per heavy atom. The maximum atomic E-state index is 12.0. The number of hydrogen-bond acceptors (Lipinski definition) is 2. The Bertz CT molecular complexity index is 524. The largest absolute Gasteiger partial charge is 0.480 e. The molecular formula is C12H12BrClN2O3. The average Bonchev–Trinajstić information content (AvgIpc) is 2.83. The average molecular weight is 348 g/mol. The number of nitrogens with one attached hydrogen (secondary N) is 1. The van der Waals surface area contributed by atoms with Crippen LogP contribution in [0.2, 0.25) is 5.02 Å². The van der Waals surface area contributed by atoms with Crippen molar-refractivity contribution in [3.05, 3.63) is 27.7 Å². The minimum absolute atomic E-state index is 0.404. The number of anilines is 1. The van der Waals surface area contributed by atoms with Crippen LogP contribution in [0.1, 0.15) is 12.8 Å². The first-order valence-electron chi connectivity index (χ1n) is 5.74. The van der Waals surface area contributed by atoms with Gasteiger partial charge in [-0.2, -0.15) is 0 Å². The Hall–Kier alpha value is -1.27. The minimum atomic E-state index is -0.968. The minimum Gasteiger partial charge on any atom is -0.480 e. The molecule has 102 valence electrons. The molecule has 1 aromatic carbocycles. The van der Waals surface area contributed by atoms with Gasteiger partial charge in [0.2, 0.25) is 0 Å². The number of amides is 2. The van der Waals surface area contributed by atoms with Crippen LogP contribution < -0.4 is 5.32 Å². The van der Waals surface area contributed by atoms with Crippen LogP contribution in [0.5, 0.6) is 0 Å². The molecule has 0 spiro atoms. The summed E-state index contributed by atoms with van der Waals surface area (Å²) in [4.78, 5) is 24.4. The number of benzene rings is 1. The fourth-order valence-electron chi connectivity index (χ4n) is 2.04. The van der Waals surface area contributed by atoms with E-state index in [1.807, 2.05) is 0 Å². The second-order valence-electron chi connectivity index (χ2n) is 4.25. The summed E-state index contributed by atoms with van der Waals surface area (Å²) in [5.74, 6) is -0.968. The summed E-state index contributed by atoms with van der Waals surface area (Å²) in [6.45, 7) is 0.456. The van der Waals surface area contributed by atoms with Crippen molar-refractivity contribution in [3.8, 4) is 0 Å². The van der Waals surface area contributed by atoms with E-state index < -0.39 is 18.0 Å². The SMILES string of the molecule is O=C(O)[C@@H]1CCCN1C(=O)Nc1ccc(Cl)c(Br)c1. The monoisotopic (exact) mass is 346 g/mol. The van der Waals surface area contributed by atoms with Crippen molar-refractivity contribution in [2.45, 2.75) is 18.9 Å². The lowest BCUT2D eigenvalue weighted by Gasteiger charge is -2.21. The smallest absolute Gasteiger partial charge is 0.326 e. The summed E-state index contributed by atoms with van der Waals surface area (Å²) in [7, 11) is 0. The molecule has 1 atom stereocenters. The first-order chi connectivity index (χ1) is 8.99. The summed E-state index contributed by atoms with van der Waals surface area (Å²) in [6.07, 6.45) is 1.20. The normalized spacial score (nSPS) is 18.4. The number of rotatable bonds is 2. The predicted octanol–water partition coefficient (Wildman–Crippen LogP) is 3.18. The topological polar surface area (TPSA) is 69.6 Å². The Labute approximate surface area is 123 Å². The molecule has 2 rings (SSSR count). The van der Waals surface area contributed by atoms with Crippen molar-refractivity contribution in [1.82, 2.24) is 4.90 Å². The Morgan fingerprint density at radius 1 is 1.47 bits per heavy atom. The van der Waals surface area contributed by atoms with Gasteiger partial charge in [0.25, 0.3) is 0 Å². The fourth-order valence-corrected chi connectivity index (χ4v) is 2.53. The number of likely N-dealkylation sites (tertiary alicyclic amines) is 1. The highest BCUT2D eigenvalue weighted by Gasteiger charge is 2.33. The van der Waals surface area contributed by atoms with Crippen LogP contribution in [0.25, 0.3) is 0 Å². The third-order valence-electron chi connectivity index (χ3n) is 2.97. The third-order valence-corrected chi connectivity index (χ3v) is 4.18. The van der Waals surface area contributed by atoms with E-state index in [-0.39, 0.29) is 0 Å². The van der Waals surface area contributed by atoms with Gasteiger partial charge in [-0.05, 0) is 47.0 Å². The maximum absolute atomic E-state index is 12.0. The van der Waals surface area contributed by atoms with Gasteiger partial charge >= 0.3 is 12.0 Å². The van der Waals surface area contributed by atoms with E-state index >= 15 is 0 Å². The van der Waals surface area contributed by atoms with Crippen molar-refractivity contribution >= 4 is 45.2 Å². The van der Waals surface area contributed by atoms with E-state index in [2.05, 4.69) is 21.2 Å². The van der Waals surface area contributed by atoms with E-state index in [1.165, 1.54) is 4.90 Å². The van der Waals surface area contributed by atoms with E-state index in [1.54, 1.807) is 18.2 Å². The molecule has 1 saturated heterocycles. The van der Waals surface area contributed by atoms with Crippen molar-refractivity contribution < 1.29 is 14.7 Å². The van der Waals surface area contributed by atoms with Crippen LogP contribution in [-0.4, -0.2) is 34.6 Å². The molecule has 1 aromatic rings. The Kier molecular flexibility index (Phi) is 4.31. The molecule has 5 nitrogen and oxygen atoms in total. The van der Waals surface area contributed by atoms with Crippen LogP contribution in [0, 0.1) is 0 Å². The number of carbonyl (C=O) groups excluding carboxylic acids is 1. The van der Waals surface area contributed by atoms with E-state index in [0.29, 0.717) is 34.6 Å². The van der Waals surface area contributed by atoms with Crippen molar-refractivity contribution in [2.75, 3.05) is 11.9 Å². The summed E-state index contributed by atoms with van der Waals surface area (Å²) in [6, 6.07) is 3.85. The predicted molar refractivity (Wildman–Crippen MR) is 75.5 cm³/mol. The van der Waals surface area contributed by atoms with E-state index in [0.717, 1.165) is 0 Å². The zero-order valence-electron chi connectivity index (χ0n) is 9.90. The van der Waals surface area contributed by atoms with Gasteiger partial charge in [-0.3, -0.25) is 0 Å². The number of nitrogens with zero attached hydrogens (tertiary/aromatic N) is 1. The third kappa shape index (κ3) is 3.19. The van der Waals surface area contributed by atoms with E-state index in [9.17, 15) is 9.59 Å². The number of urea groups is 1. The number of carboxylic acid groups (broad SMARTS) is 1. The number of halogens is 2. The van der Waals surface area contributed by atoms with Gasteiger partial charge < -0.3 is 15.3 Å². The van der Waals surface area contributed by atoms with Crippen LogP contribution in [0.4, 0.5) is 10.5 Å². The Morgan fingerprint density at radius 3 is 2.84 bits per heavy atom. The summed E-state index contributed by atoms with van der Waals surface area (Å²) in [5, 5.41) is 12.2. The number of aliphatic carboxylic acids is 1. The molecule has 0 unspecified atom stereocenters. The van der Waals surface area contributed by atoms with Crippen LogP contribution in [-0.2, 0) is 4.79 Å². The standard InChI is InChI=1S/C12H12BrClN2O3/c13-8-6-7(3-4-9(8)14)15-12(19)16-5-1-2-10(16)11(17)18/h3-4,6,10H,1-2,5H2,(H,15,19)(H,17,18)/t10-/m0/s1. The first kappa shape index (κ1) is 14.1. The van der Waals surface area contributed by atoms with Crippen LogP contribution >= 0.6 is 27.5 Å². The zero-order valence-corrected chi connectivity index (χ0v) is 12.2. The lowest BCUT2D eigenvalue weighted by atomic mass is 10.2. The molecule has 1 fully saturated rings. The second-order valence-corrected chi connectivity index (χ2v) is 5.51. The van der Waals surface area contributed by atoms with Gasteiger partial charge in [0.15, 0.2) is 0 Å². The zero-order chi connectivity index (χ0) is 14.0. The molecule has 0 bridgehead atoms. The molecule has 2 amide bonds. The van der Waals surface area contributed by atoms with Crippen molar-refractivity contribution in [2.24, 2.45) is 0 Å². The van der Waals surface area contributed by atoms with Gasteiger partial charge in [0.1, 0.15) is 6.04 Å². The molecule has 1 heterocycles. The highest BCUT2D eigenvalue weighted by molar-refractivity contribution is 9.10. The molecule has 2 N–H and O–H groups in total. The van der Waals surface area contributed by atoms with Gasteiger partial charge in [0.05, 0.1) is 5.02 Å². The van der Waals surface area contributed by atoms with Gasteiger partial charge in [-0.25, -0.2) is 9.59 Å². The lowest BCUT2D eigenvalue weighted by molar-refractivity contribution is -0.141. The molecule has 0 saturated carbocycles. The lowest BCUT2D eigenvalue weighted by Crippen LogP contribution is -2.42. The molecule has 0 aliphatic carbocycles. The molecule has 1 aliphatic heterocycles. The Balaban J connectivity index is 2.08. The molecule has 0 radical (unpaired) electrons. The van der Waals surface area contributed by atoms with Crippen LogP contribution in [0.3, 0.4) is 0 Å². The molecule has 7 heteroatoms. The van der Waals surface area contributed by atoms with Crippen LogP contribution in [0.15, 0.2) is 22.7 Å². The summed E-state index contributed by atoms with van der Waals surface area (Å²) >= 11 is 9.12. The second kappa shape index (κ2) is 5.79. The van der Waals surface area contributed by atoms with Crippen molar-refractivity contribution in [3.63, 3.8) is 0 Å². The molecule has 19 heavy (non-hydrogen) atoms. The van der Waals surface area contributed by atoms with E-state index in [4.69, 9.17) is 16.7 Å². The fraction of sp³-hybridized carbons (Fsp3) is 0.333. The van der Waals surface area contributed by atoms with Gasteiger partial charge in [-0.1, -0.05) is 11.6 Å². The van der Waals surface area contributed by atoms with Gasteiger partial charge in [0, 0.05) is 16.7 Å². The number of carbonyl (C=O) groups is 2. The highest BCUT2D eigenvalue weighted by atomic mass is 79.9. The molecule has 0 aromatic heterocycles. The number of hydrogen-bond donors (Lipinski definition) is 2. The summed E-state index contributed by atoms with van der Waals surface area (Å²) < 4.78 is 0.670. The van der Waals surface area contributed by atoms with Crippen molar-refractivity contribution in [1.29, 1.82) is 0 Å². The highest BCUT2D eigenvalue weighted by Crippen LogP contribution is 2.26. The van der Waals surface area contributed by atoms with Gasteiger partial charge in [-0.15, -0.1) is 0 Å². The quantitative estimate of drug-likeness (QED) is 0.863. The first-order valence-corrected chi connectivity index (χ1v) is 6.91. The molecule has 1 aliphatic rings. The summed E-state index contributed by atoms with van der Waals surface area (Å²) in [5.41, 5.74) is 0.567. The maximum Gasteiger partial charge on any atom is 0.326 e. The molecular weight excluding hydrogens is 336 g/mol. The number of carboxylic acids is 1.